The minimum Gasteiger partial charge on any atom is -0.301 e. The maximum atomic E-state index is 5.87. The molecule has 13 heavy (non-hydrogen) atoms. The number of halogens is 1. The Morgan fingerprint density at radius 2 is 2.08 bits per heavy atom. The highest BCUT2D eigenvalue weighted by molar-refractivity contribution is 5.85. The van der Waals surface area contributed by atoms with E-state index >= 15 is 0 Å². The molecule has 1 aromatic carbocycles. The normalized spacial score (nSPS) is 23.5. The second-order valence-electron chi connectivity index (χ2n) is 2.91. The van der Waals surface area contributed by atoms with Crippen LogP contribution < -0.4 is 16.3 Å². The van der Waals surface area contributed by atoms with Crippen LogP contribution in [0.25, 0.3) is 6.08 Å². The maximum Gasteiger partial charge on any atom is 0.147 e. The zero-order valence-electron chi connectivity index (χ0n) is 7.10. The van der Waals surface area contributed by atoms with Crippen molar-refractivity contribution >= 4 is 18.5 Å². The van der Waals surface area contributed by atoms with Crippen LogP contribution in [0.2, 0.25) is 0 Å². The molecule has 1 atom stereocenters. The van der Waals surface area contributed by atoms with E-state index in [4.69, 9.17) is 5.73 Å². The van der Waals surface area contributed by atoms with E-state index in [2.05, 4.69) is 11.6 Å². The molecule has 2 rings (SSSR count). The number of rotatable bonds is 1. The van der Waals surface area contributed by atoms with Gasteiger partial charge in [-0.1, -0.05) is 24.8 Å². The van der Waals surface area contributed by atoms with Gasteiger partial charge in [0, 0.05) is 0 Å². The molecular weight excluding hydrogens is 184 g/mol. The molecule has 0 saturated carbocycles. The van der Waals surface area contributed by atoms with E-state index in [0.29, 0.717) is 0 Å². The van der Waals surface area contributed by atoms with Gasteiger partial charge in [0.15, 0.2) is 0 Å². The predicted molar refractivity (Wildman–Crippen MR) is 56.1 cm³/mol. The number of fused-ring (bicyclic) bond motifs is 1. The monoisotopic (exact) mass is 194 g/mol. The third-order valence-corrected chi connectivity index (χ3v) is 1.96. The Morgan fingerprint density at radius 3 is 2.69 bits per heavy atom. The molecule has 1 unspecified atom stereocenters. The van der Waals surface area contributed by atoms with Crippen molar-refractivity contribution in [2.75, 3.05) is 0 Å². The average molecular weight is 195 g/mol. The van der Waals surface area contributed by atoms with Crippen LogP contribution in [0.3, 0.4) is 0 Å². The molecule has 2 N–H and O–H groups in total. The lowest BCUT2D eigenvalue weighted by Gasteiger charge is -2.10. The Morgan fingerprint density at radius 1 is 1.38 bits per heavy atom. The van der Waals surface area contributed by atoms with Gasteiger partial charge in [-0.05, 0) is 23.4 Å². The van der Waals surface area contributed by atoms with Crippen LogP contribution in [-0.4, -0.2) is 5.66 Å². The first-order valence-corrected chi connectivity index (χ1v) is 3.84. The van der Waals surface area contributed by atoms with Gasteiger partial charge in [0.25, 0.3) is 0 Å². The minimum atomic E-state index is -0.691. The second-order valence-corrected chi connectivity index (χ2v) is 2.91. The van der Waals surface area contributed by atoms with Crippen molar-refractivity contribution in [2.45, 2.75) is 5.66 Å². The van der Waals surface area contributed by atoms with Crippen LogP contribution >= 0.6 is 12.4 Å². The zero-order chi connectivity index (χ0) is 8.60. The third-order valence-electron chi connectivity index (χ3n) is 1.96. The summed E-state index contributed by atoms with van der Waals surface area (Å²) in [6, 6.07) is 7.87. The van der Waals surface area contributed by atoms with Crippen molar-refractivity contribution in [1.29, 1.82) is 0 Å². The van der Waals surface area contributed by atoms with E-state index in [1.165, 1.54) is 0 Å². The van der Waals surface area contributed by atoms with Crippen molar-refractivity contribution in [3.05, 3.63) is 47.5 Å². The maximum absolute atomic E-state index is 5.87. The van der Waals surface area contributed by atoms with E-state index in [-0.39, 0.29) is 12.4 Å². The van der Waals surface area contributed by atoms with E-state index in [1.54, 1.807) is 6.08 Å². The number of nitrogens with zero attached hydrogens (tertiary/aromatic N) is 1. The van der Waals surface area contributed by atoms with Gasteiger partial charge < -0.3 is 5.73 Å². The summed E-state index contributed by atoms with van der Waals surface area (Å²) < 4.78 is 0. The van der Waals surface area contributed by atoms with Crippen molar-refractivity contribution in [3.63, 3.8) is 0 Å². The lowest BCUT2D eigenvalue weighted by molar-refractivity contribution is 0.731. The number of para-hydroxylation sites is 1. The lowest BCUT2D eigenvalue weighted by atomic mass is 10.2. The Kier molecular flexibility index (Phi) is 2.55. The van der Waals surface area contributed by atoms with Crippen LogP contribution in [-0.2, 0) is 0 Å². The van der Waals surface area contributed by atoms with E-state index < -0.39 is 5.66 Å². The molecule has 1 aliphatic rings. The van der Waals surface area contributed by atoms with Gasteiger partial charge in [0.1, 0.15) is 5.66 Å². The molecule has 0 fully saturated rings. The summed E-state index contributed by atoms with van der Waals surface area (Å²) in [5, 5.41) is 2.03. The molecule has 3 heteroatoms. The van der Waals surface area contributed by atoms with Gasteiger partial charge in [-0.2, -0.15) is 0 Å². The number of hydrogen-bond donors (Lipinski definition) is 1. The largest absolute Gasteiger partial charge is 0.301 e. The molecule has 0 aliphatic carbocycles. The topological polar surface area (TPSA) is 38.4 Å². The molecule has 0 spiro atoms. The molecule has 0 amide bonds. The summed E-state index contributed by atoms with van der Waals surface area (Å²) in [6.07, 6.45) is 3.56. The molecule has 0 aromatic heterocycles. The van der Waals surface area contributed by atoms with Crippen LogP contribution in [0.5, 0.6) is 0 Å². The van der Waals surface area contributed by atoms with Crippen LogP contribution in [0, 0.1) is 0 Å². The molecule has 0 saturated heterocycles. The van der Waals surface area contributed by atoms with Gasteiger partial charge in [-0.3, -0.25) is 4.99 Å². The van der Waals surface area contributed by atoms with E-state index in [1.807, 2.05) is 30.3 Å². The summed E-state index contributed by atoms with van der Waals surface area (Å²) in [6.45, 7) is 3.65. The first-order valence-electron chi connectivity index (χ1n) is 3.84. The summed E-state index contributed by atoms with van der Waals surface area (Å²) in [5.41, 5.74) is 5.18. The highest BCUT2D eigenvalue weighted by Crippen LogP contribution is 2.06. The Labute approximate surface area is 82.9 Å². The fourth-order valence-corrected chi connectivity index (χ4v) is 1.31. The van der Waals surface area contributed by atoms with Crippen LogP contribution in [0.15, 0.2) is 41.9 Å². The highest BCUT2D eigenvalue weighted by atomic mass is 35.5. The van der Waals surface area contributed by atoms with Gasteiger partial charge in [-0.15, -0.1) is 12.4 Å². The molecule has 1 aromatic rings. The third kappa shape index (κ3) is 1.64. The van der Waals surface area contributed by atoms with Gasteiger partial charge in [-0.25, -0.2) is 0 Å². The first-order chi connectivity index (χ1) is 5.73. The SMILES string of the molecule is C=CC1(N)C=c2ccccc2=N1.Cl. The highest BCUT2D eigenvalue weighted by Gasteiger charge is 2.18. The van der Waals surface area contributed by atoms with Gasteiger partial charge in [0.2, 0.25) is 0 Å². The summed E-state index contributed by atoms with van der Waals surface area (Å²) in [5.74, 6) is 0. The lowest BCUT2D eigenvalue weighted by Crippen LogP contribution is -2.30. The van der Waals surface area contributed by atoms with Crippen molar-refractivity contribution < 1.29 is 0 Å². The molecule has 1 heterocycles. The molecule has 2 nitrogen and oxygen atoms in total. The smallest absolute Gasteiger partial charge is 0.147 e. The van der Waals surface area contributed by atoms with E-state index in [9.17, 15) is 0 Å². The van der Waals surface area contributed by atoms with Gasteiger partial charge in [0.05, 0.1) is 5.36 Å². The summed E-state index contributed by atoms with van der Waals surface area (Å²) >= 11 is 0. The minimum absolute atomic E-state index is 0. The standard InChI is InChI=1S/C10H10N2.ClH/c1-2-10(11)7-8-5-3-4-6-9(8)12-10;/h2-7H,1,11H2;1H. The molecular formula is C10H11ClN2. The number of benzene rings is 1. The fourth-order valence-electron chi connectivity index (χ4n) is 1.31. The van der Waals surface area contributed by atoms with Crippen molar-refractivity contribution in [2.24, 2.45) is 10.7 Å². The number of hydrogen-bond acceptors (Lipinski definition) is 2. The molecule has 1 aliphatic heterocycles. The Bertz CT molecular complexity index is 401. The average Bonchev–Trinajstić information content (AvgIpc) is 2.42. The second kappa shape index (κ2) is 3.32. The van der Waals surface area contributed by atoms with E-state index in [0.717, 1.165) is 10.6 Å². The van der Waals surface area contributed by atoms with Crippen molar-refractivity contribution in [1.82, 2.24) is 0 Å². The molecule has 0 bridgehead atoms. The molecule has 68 valence electrons. The Hall–Kier alpha value is -1.12. The Balaban J connectivity index is 0.000000845. The van der Waals surface area contributed by atoms with Gasteiger partial charge >= 0.3 is 0 Å². The fraction of sp³-hybridized carbons (Fsp3) is 0.100. The quantitative estimate of drug-likeness (QED) is 0.645. The first kappa shape index (κ1) is 9.96. The van der Waals surface area contributed by atoms with Crippen LogP contribution in [0.4, 0.5) is 0 Å². The predicted octanol–water partition coefficient (Wildman–Crippen LogP) is 0.363. The van der Waals surface area contributed by atoms with Crippen LogP contribution in [0.1, 0.15) is 0 Å². The van der Waals surface area contributed by atoms with Crippen molar-refractivity contribution in [3.8, 4) is 0 Å². The summed E-state index contributed by atoms with van der Waals surface area (Å²) in [7, 11) is 0. The zero-order valence-corrected chi connectivity index (χ0v) is 7.92. The summed E-state index contributed by atoms with van der Waals surface area (Å²) in [4.78, 5) is 4.31. The number of nitrogens with two attached hydrogens (primary N) is 1. The molecule has 0 radical (unpaired) electrons.